The molecule has 0 aliphatic heterocycles. The molecule has 0 spiro atoms. The van der Waals surface area contributed by atoms with Gasteiger partial charge in [0.05, 0.1) is 5.69 Å². The number of carbonyl (C=O) groups is 1. The molecular formula is C23H24N2O. The van der Waals surface area contributed by atoms with Crippen molar-refractivity contribution in [3.05, 3.63) is 77.2 Å². The Labute approximate surface area is 154 Å². The van der Waals surface area contributed by atoms with Gasteiger partial charge in [-0.15, -0.1) is 0 Å². The second-order valence-corrected chi connectivity index (χ2v) is 7.37. The highest BCUT2D eigenvalue weighted by atomic mass is 16.1. The predicted octanol–water partition coefficient (Wildman–Crippen LogP) is 5.19. The van der Waals surface area contributed by atoms with Gasteiger partial charge in [-0.05, 0) is 49.9 Å². The van der Waals surface area contributed by atoms with Gasteiger partial charge in [-0.1, -0.05) is 36.4 Å². The van der Waals surface area contributed by atoms with Gasteiger partial charge in [0.15, 0.2) is 0 Å². The average molecular weight is 344 g/mol. The van der Waals surface area contributed by atoms with Gasteiger partial charge in [0.2, 0.25) is 0 Å². The molecule has 0 amide bonds. The minimum atomic E-state index is 0.169. The van der Waals surface area contributed by atoms with Crippen molar-refractivity contribution in [2.24, 2.45) is 5.92 Å². The van der Waals surface area contributed by atoms with Gasteiger partial charge in [-0.3, -0.25) is 9.78 Å². The van der Waals surface area contributed by atoms with Crippen molar-refractivity contribution in [3.8, 4) is 11.3 Å². The first-order chi connectivity index (χ1) is 12.6. The van der Waals surface area contributed by atoms with Crippen LogP contribution in [0.4, 0.5) is 0 Å². The minimum absolute atomic E-state index is 0.169. The number of rotatable bonds is 4. The van der Waals surface area contributed by atoms with E-state index >= 15 is 0 Å². The average Bonchev–Trinajstić information content (AvgIpc) is 3.21. The van der Waals surface area contributed by atoms with Crippen molar-refractivity contribution in [1.29, 1.82) is 0 Å². The topological polar surface area (TPSA) is 45.8 Å². The second-order valence-electron chi connectivity index (χ2n) is 7.37. The second kappa shape index (κ2) is 6.91. The van der Waals surface area contributed by atoms with E-state index in [0.717, 1.165) is 34.8 Å². The summed E-state index contributed by atoms with van der Waals surface area (Å²) in [5.74, 6) is 0.883. The highest BCUT2D eigenvalue weighted by Gasteiger charge is 2.32. The van der Waals surface area contributed by atoms with Crippen LogP contribution in [0.15, 0.2) is 54.6 Å². The van der Waals surface area contributed by atoms with Crippen molar-refractivity contribution in [2.45, 2.75) is 39.0 Å². The molecule has 132 valence electrons. The van der Waals surface area contributed by atoms with Crippen LogP contribution in [0.5, 0.6) is 0 Å². The third-order valence-corrected chi connectivity index (χ3v) is 5.43. The molecule has 2 aromatic heterocycles. The molecule has 3 heteroatoms. The summed E-state index contributed by atoms with van der Waals surface area (Å²) in [6.07, 6.45) is 2.31. The van der Waals surface area contributed by atoms with Crippen molar-refractivity contribution in [2.75, 3.05) is 0 Å². The molecule has 1 saturated carbocycles. The number of benzene rings is 1. The standard InChI is InChI=1S/C23H24N2O/c1-15-13-20(16(2)24-15)21-9-6-10-22(25-21)23(17-7-4-3-5-8-17)18-11-12-19(26)14-18/h3-10,13,18,23-24H,11-12,14H2,1-2H3. The number of hydrogen-bond acceptors (Lipinski definition) is 2. The lowest BCUT2D eigenvalue weighted by molar-refractivity contribution is -0.117. The van der Waals surface area contributed by atoms with E-state index in [2.05, 4.69) is 67.4 Å². The van der Waals surface area contributed by atoms with E-state index in [9.17, 15) is 4.79 Å². The summed E-state index contributed by atoms with van der Waals surface area (Å²) in [5.41, 5.74) is 6.74. The van der Waals surface area contributed by atoms with Crippen molar-refractivity contribution < 1.29 is 4.79 Å². The summed E-state index contributed by atoms with van der Waals surface area (Å²) >= 11 is 0. The predicted molar refractivity (Wildman–Crippen MR) is 104 cm³/mol. The molecule has 0 radical (unpaired) electrons. The van der Waals surface area contributed by atoms with Gasteiger partial charge in [0.25, 0.3) is 0 Å². The largest absolute Gasteiger partial charge is 0.362 e. The Morgan fingerprint density at radius 3 is 2.54 bits per heavy atom. The molecule has 1 N–H and O–H groups in total. The lowest BCUT2D eigenvalue weighted by atomic mass is 9.82. The molecular weight excluding hydrogens is 320 g/mol. The molecule has 2 atom stereocenters. The number of aromatic amines is 1. The molecule has 0 bridgehead atoms. The zero-order valence-corrected chi connectivity index (χ0v) is 15.3. The normalized spacial score (nSPS) is 18.2. The molecule has 0 saturated heterocycles. The Bertz CT molecular complexity index is 926. The Morgan fingerprint density at radius 1 is 1.08 bits per heavy atom. The van der Waals surface area contributed by atoms with Crippen LogP contribution in [-0.2, 0) is 4.79 Å². The highest BCUT2D eigenvalue weighted by molar-refractivity contribution is 5.81. The number of carbonyl (C=O) groups excluding carboxylic acids is 1. The highest BCUT2D eigenvalue weighted by Crippen LogP contribution is 2.40. The maximum absolute atomic E-state index is 11.9. The summed E-state index contributed by atoms with van der Waals surface area (Å²) in [7, 11) is 0. The van der Waals surface area contributed by atoms with Crippen molar-refractivity contribution >= 4 is 5.78 Å². The summed E-state index contributed by atoms with van der Waals surface area (Å²) in [6, 6.07) is 18.9. The fourth-order valence-corrected chi connectivity index (χ4v) is 4.24. The zero-order chi connectivity index (χ0) is 18.1. The smallest absolute Gasteiger partial charge is 0.133 e. The van der Waals surface area contributed by atoms with Crippen LogP contribution >= 0.6 is 0 Å². The number of ketones is 1. The van der Waals surface area contributed by atoms with Crippen molar-refractivity contribution in [3.63, 3.8) is 0 Å². The van der Waals surface area contributed by atoms with Gasteiger partial charge >= 0.3 is 0 Å². The number of Topliss-reactive ketones (excluding diaryl/α,β-unsaturated/α-hetero) is 1. The molecule has 1 aromatic carbocycles. The van der Waals surface area contributed by atoms with Gasteiger partial charge in [0.1, 0.15) is 5.78 Å². The van der Waals surface area contributed by atoms with Gasteiger partial charge in [-0.25, -0.2) is 0 Å². The number of nitrogens with one attached hydrogen (secondary N) is 1. The molecule has 26 heavy (non-hydrogen) atoms. The van der Waals surface area contributed by atoms with E-state index in [1.54, 1.807) is 0 Å². The number of aryl methyl sites for hydroxylation is 2. The molecule has 1 fully saturated rings. The quantitative estimate of drug-likeness (QED) is 0.707. The lowest BCUT2D eigenvalue weighted by Crippen LogP contribution is -2.14. The first-order valence-electron chi connectivity index (χ1n) is 9.32. The molecule has 3 nitrogen and oxygen atoms in total. The maximum atomic E-state index is 11.9. The minimum Gasteiger partial charge on any atom is -0.362 e. The van der Waals surface area contributed by atoms with Crippen LogP contribution in [0.25, 0.3) is 11.3 Å². The molecule has 2 unspecified atom stereocenters. The monoisotopic (exact) mass is 344 g/mol. The Morgan fingerprint density at radius 2 is 1.88 bits per heavy atom. The third-order valence-electron chi connectivity index (χ3n) is 5.43. The van der Waals surface area contributed by atoms with E-state index in [0.29, 0.717) is 24.5 Å². The van der Waals surface area contributed by atoms with Crippen LogP contribution in [0.1, 0.15) is 47.8 Å². The van der Waals surface area contributed by atoms with E-state index in [4.69, 9.17) is 4.98 Å². The van der Waals surface area contributed by atoms with Crippen LogP contribution in [0.2, 0.25) is 0 Å². The molecule has 2 heterocycles. The van der Waals surface area contributed by atoms with Crippen LogP contribution in [-0.4, -0.2) is 15.8 Å². The van der Waals surface area contributed by atoms with E-state index in [-0.39, 0.29) is 5.92 Å². The number of H-pyrrole nitrogens is 1. The maximum Gasteiger partial charge on any atom is 0.133 e. The first kappa shape index (κ1) is 16.8. The van der Waals surface area contributed by atoms with E-state index in [1.165, 1.54) is 5.56 Å². The number of hydrogen-bond donors (Lipinski definition) is 1. The molecule has 3 aromatic rings. The first-order valence-corrected chi connectivity index (χ1v) is 9.32. The van der Waals surface area contributed by atoms with E-state index < -0.39 is 0 Å². The Balaban J connectivity index is 1.78. The number of aromatic nitrogens is 2. The summed E-state index contributed by atoms with van der Waals surface area (Å²) < 4.78 is 0. The SMILES string of the molecule is Cc1cc(-c2cccc(C(c3ccccc3)C3CCC(=O)C3)n2)c(C)[nH]1. The summed E-state index contributed by atoms with van der Waals surface area (Å²) in [6.45, 7) is 4.15. The van der Waals surface area contributed by atoms with Crippen LogP contribution in [0.3, 0.4) is 0 Å². The summed E-state index contributed by atoms with van der Waals surface area (Å²) in [4.78, 5) is 20.3. The Kier molecular flexibility index (Phi) is 4.46. The third kappa shape index (κ3) is 3.22. The van der Waals surface area contributed by atoms with Gasteiger partial charge in [0, 0.05) is 41.4 Å². The lowest BCUT2D eigenvalue weighted by Gasteiger charge is -2.23. The molecule has 4 rings (SSSR count). The van der Waals surface area contributed by atoms with Crippen molar-refractivity contribution in [1.82, 2.24) is 9.97 Å². The zero-order valence-electron chi connectivity index (χ0n) is 15.3. The number of nitrogens with zero attached hydrogens (tertiary/aromatic N) is 1. The van der Waals surface area contributed by atoms with Crippen LogP contribution < -0.4 is 0 Å². The number of pyridine rings is 1. The summed E-state index contributed by atoms with van der Waals surface area (Å²) in [5, 5.41) is 0. The Hall–Kier alpha value is -2.68. The van der Waals surface area contributed by atoms with Gasteiger partial charge in [-0.2, -0.15) is 0 Å². The van der Waals surface area contributed by atoms with E-state index in [1.807, 2.05) is 6.07 Å². The van der Waals surface area contributed by atoms with Gasteiger partial charge < -0.3 is 4.98 Å². The van der Waals surface area contributed by atoms with Crippen LogP contribution in [0, 0.1) is 19.8 Å². The molecule has 1 aliphatic rings. The molecule has 1 aliphatic carbocycles. The fraction of sp³-hybridized carbons (Fsp3) is 0.304. The fourth-order valence-electron chi connectivity index (χ4n) is 4.24.